The van der Waals surface area contributed by atoms with E-state index in [1.165, 1.54) is 18.4 Å². The molecule has 1 unspecified atom stereocenters. The lowest BCUT2D eigenvalue weighted by Gasteiger charge is -2.25. The highest BCUT2D eigenvalue weighted by molar-refractivity contribution is 5.28. The molecule has 17 heavy (non-hydrogen) atoms. The molecule has 0 radical (unpaired) electrons. The van der Waals surface area contributed by atoms with Crippen LogP contribution in [0.25, 0.3) is 0 Å². The Kier molecular flexibility index (Phi) is 4.40. The van der Waals surface area contributed by atoms with Crippen LogP contribution in [0.15, 0.2) is 24.3 Å². The van der Waals surface area contributed by atoms with Crippen molar-refractivity contribution in [3.63, 3.8) is 0 Å². The minimum atomic E-state index is 0.340. The van der Waals surface area contributed by atoms with E-state index in [2.05, 4.69) is 17.6 Å². The molecule has 0 aliphatic carbocycles. The number of benzene rings is 1. The normalized spacial score (nSPS) is 19.1. The molecule has 3 nitrogen and oxygen atoms in total. The van der Waals surface area contributed by atoms with Gasteiger partial charge in [-0.3, -0.25) is 0 Å². The molecule has 3 heteroatoms. The minimum absolute atomic E-state index is 0.340. The van der Waals surface area contributed by atoms with Gasteiger partial charge in [-0.25, -0.2) is 0 Å². The third kappa shape index (κ3) is 3.72. The van der Waals surface area contributed by atoms with Gasteiger partial charge in [0.05, 0.1) is 0 Å². The van der Waals surface area contributed by atoms with Gasteiger partial charge in [0.1, 0.15) is 5.75 Å². The lowest BCUT2D eigenvalue weighted by molar-refractivity contribution is 0.381. The lowest BCUT2D eigenvalue weighted by atomic mass is 9.99. The number of aromatic hydroxyl groups is 1. The maximum atomic E-state index is 9.25. The summed E-state index contributed by atoms with van der Waals surface area (Å²) in [6.07, 6.45) is 2.45. The van der Waals surface area contributed by atoms with Gasteiger partial charge in [0, 0.05) is 12.6 Å². The molecular formula is C14H22N2O. The summed E-state index contributed by atoms with van der Waals surface area (Å²) in [5, 5.41) is 16.3. The largest absolute Gasteiger partial charge is 0.508 e. The van der Waals surface area contributed by atoms with Crippen molar-refractivity contribution in [1.82, 2.24) is 10.6 Å². The molecule has 0 bridgehead atoms. The molecule has 1 fully saturated rings. The number of piperidine rings is 1. The van der Waals surface area contributed by atoms with Gasteiger partial charge in [-0.1, -0.05) is 19.1 Å². The highest BCUT2D eigenvalue weighted by Gasteiger charge is 2.13. The molecule has 1 saturated heterocycles. The Balaban J connectivity index is 1.80. The molecule has 0 saturated carbocycles. The summed E-state index contributed by atoms with van der Waals surface area (Å²) in [6, 6.07) is 8.19. The molecule has 0 amide bonds. The van der Waals surface area contributed by atoms with Gasteiger partial charge < -0.3 is 15.7 Å². The first-order chi connectivity index (χ1) is 8.25. The zero-order chi connectivity index (χ0) is 12.1. The predicted molar refractivity (Wildman–Crippen MR) is 70.4 cm³/mol. The second-order valence-electron chi connectivity index (χ2n) is 4.93. The molecule has 1 aromatic carbocycles. The molecule has 2 rings (SSSR count). The highest BCUT2D eigenvalue weighted by Crippen LogP contribution is 2.18. The van der Waals surface area contributed by atoms with E-state index in [-0.39, 0.29) is 0 Å². The van der Waals surface area contributed by atoms with E-state index >= 15 is 0 Å². The number of rotatable bonds is 4. The van der Waals surface area contributed by atoms with Crippen LogP contribution in [0.1, 0.15) is 31.2 Å². The van der Waals surface area contributed by atoms with Crippen molar-refractivity contribution in [2.45, 2.75) is 31.7 Å². The SMILES string of the molecule is CC(CNC1CCNCC1)c1ccc(O)cc1. The van der Waals surface area contributed by atoms with Crippen LogP contribution in [0.2, 0.25) is 0 Å². The summed E-state index contributed by atoms with van der Waals surface area (Å²) >= 11 is 0. The molecule has 0 spiro atoms. The first-order valence-corrected chi connectivity index (χ1v) is 6.49. The molecule has 3 N–H and O–H groups in total. The number of hydrogen-bond donors (Lipinski definition) is 3. The minimum Gasteiger partial charge on any atom is -0.508 e. The smallest absolute Gasteiger partial charge is 0.115 e. The van der Waals surface area contributed by atoms with Crippen molar-refractivity contribution in [2.75, 3.05) is 19.6 Å². The van der Waals surface area contributed by atoms with E-state index in [0.717, 1.165) is 19.6 Å². The molecule has 94 valence electrons. The number of nitrogens with one attached hydrogen (secondary N) is 2. The Hall–Kier alpha value is -1.06. The third-order valence-electron chi connectivity index (χ3n) is 3.51. The molecule has 1 aliphatic heterocycles. The summed E-state index contributed by atoms with van der Waals surface area (Å²) in [6.45, 7) is 5.49. The van der Waals surface area contributed by atoms with Crippen molar-refractivity contribution in [3.05, 3.63) is 29.8 Å². The quantitative estimate of drug-likeness (QED) is 0.745. The van der Waals surface area contributed by atoms with E-state index in [4.69, 9.17) is 0 Å². The Morgan fingerprint density at radius 2 is 1.94 bits per heavy atom. The van der Waals surface area contributed by atoms with Crippen LogP contribution < -0.4 is 10.6 Å². The second-order valence-corrected chi connectivity index (χ2v) is 4.93. The summed E-state index contributed by atoms with van der Waals surface area (Å²) in [5.41, 5.74) is 1.28. The fraction of sp³-hybridized carbons (Fsp3) is 0.571. The van der Waals surface area contributed by atoms with Crippen molar-refractivity contribution in [1.29, 1.82) is 0 Å². The fourth-order valence-corrected chi connectivity index (χ4v) is 2.29. The fourth-order valence-electron chi connectivity index (χ4n) is 2.29. The van der Waals surface area contributed by atoms with Crippen molar-refractivity contribution < 1.29 is 5.11 Å². The lowest BCUT2D eigenvalue weighted by Crippen LogP contribution is -2.41. The highest BCUT2D eigenvalue weighted by atomic mass is 16.3. The van der Waals surface area contributed by atoms with Crippen molar-refractivity contribution in [3.8, 4) is 5.75 Å². The second kappa shape index (κ2) is 6.03. The first kappa shape index (κ1) is 12.4. The standard InChI is InChI=1S/C14H22N2O/c1-11(12-2-4-14(17)5-3-12)10-16-13-6-8-15-9-7-13/h2-5,11,13,15-17H,6-10H2,1H3. The van der Waals surface area contributed by atoms with Crippen LogP contribution in [-0.2, 0) is 0 Å². The summed E-state index contributed by atoms with van der Waals surface area (Å²) in [4.78, 5) is 0. The Morgan fingerprint density at radius 1 is 1.29 bits per heavy atom. The van der Waals surface area contributed by atoms with Gasteiger partial charge in [0.25, 0.3) is 0 Å². The average molecular weight is 234 g/mol. The maximum Gasteiger partial charge on any atom is 0.115 e. The van der Waals surface area contributed by atoms with Crippen LogP contribution >= 0.6 is 0 Å². The van der Waals surface area contributed by atoms with Gasteiger partial charge in [-0.2, -0.15) is 0 Å². The van der Waals surface area contributed by atoms with E-state index in [0.29, 0.717) is 17.7 Å². The third-order valence-corrected chi connectivity index (χ3v) is 3.51. The molecule has 1 heterocycles. The number of phenolic OH excluding ortho intramolecular Hbond substituents is 1. The topological polar surface area (TPSA) is 44.3 Å². The van der Waals surface area contributed by atoms with E-state index < -0.39 is 0 Å². The summed E-state index contributed by atoms with van der Waals surface area (Å²) in [5.74, 6) is 0.831. The monoisotopic (exact) mass is 234 g/mol. The van der Waals surface area contributed by atoms with E-state index in [1.807, 2.05) is 12.1 Å². The van der Waals surface area contributed by atoms with Crippen LogP contribution in [0.3, 0.4) is 0 Å². The maximum absolute atomic E-state index is 9.25. The predicted octanol–water partition coefficient (Wildman–Crippen LogP) is 1.84. The van der Waals surface area contributed by atoms with Gasteiger partial charge >= 0.3 is 0 Å². The summed E-state index contributed by atoms with van der Waals surface area (Å²) in [7, 11) is 0. The number of hydrogen-bond acceptors (Lipinski definition) is 3. The number of phenols is 1. The first-order valence-electron chi connectivity index (χ1n) is 6.49. The Bertz CT molecular complexity index is 331. The molecule has 0 aromatic heterocycles. The van der Waals surface area contributed by atoms with E-state index in [1.54, 1.807) is 12.1 Å². The zero-order valence-corrected chi connectivity index (χ0v) is 10.4. The molecule has 1 atom stereocenters. The molecule has 1 aliphatic rings. The molecular weight excluding hydrogens is 212 g/mol. The van der Waals surface area contributed by atoms with Gasteiger partial charge in [0.2, 0.25) is 0 Å². The van der Waals surface area contributed by atoms with Gasteiger partial charge in [-0.15, -0.1) is 0 Å². The average Bonchev–Trinajstić information content (AvgIpc) is 2.38. The van der Waals surface area contributed by atoms with Crippen LogP contribution in [-0.4, -0.2) is 30.8 Å². The van der Waals surface area contributed by atoms with E-state index in [9.17, 15) is 5.11 Å². The van der Waals surface area contributed by atoms with Crippen LogP contribution in [0, 0.1) is 0 Å². The van der Waals surface area contributed by atoms with Crippen LogP contribution in [0.5, 0.6) is 5.75 Å². The summed E-state index contributed by atoms with van der Waals surface area (Å²) < 4.78 is 0. The Labute approximate surface area is 103 Å². The van der Waals surface area contributed by atoms with Crippen molar-refractivity contribution >= 4 is 0 Å². The zero-order valence-electron chi connectivity index (χ0n) is 10.4. The molecule has 1 aromatic rings. The van der Waals surface area contributed by atoms with Crippen molar-refractivity contribution in [2.24, 2.45) is 0 Å². The Morgan fingerprint density at radius 3 is 2.59 bits per heavy atom. The van der Waals surface area contributed by atoms with Gasteiger partial charge in [-0.05, 0) is 49.5 Å². The van der Waals surface area contributed by atoms with Gasteiger partial charge in [0.15, 0.2) is 0 Å². The van der Waals surface area contributed by atoms with Crippen LogP contribution in [0.4, 0.5) is 0 Å².